The van der Waals surface area contributed by atoms with Crippen molar-refractivity contribution in [2.75, 3.05) is 17.6 Å². The van der Waals surface area contributed by atoms with Crippen LogP contribution in [0.1, 0.15) is 32.9 Å². The highest BCUT2D eigenvalue weighted by atomic mass is 32.2. The fourth-order valence-electron chi connectivity index (χ4n) is 1.48. The number of thioether (sulfide) groups is 1. The zero-order chi connectivity index (χ0) is 18.3. The van der Waals surface area contributed by atoms with Gasteiger partial charge in [0.15, 0.2) is 5.13 Å². The van der Waals surface area contributed by atoms with Gasteiger partial charge in [0.05, 0.1) is 15.7 Å². The number of aryl methyl sites for hydroxylation is 1. The first-order valence-electron chi connectivity index (χ1n) is 7.22. The molecule has 0 aliphatic heterocycles. The van der Waals surface area contributed by atoms with E-state index in [9.17, 15) is 14.4 Å². The minimum atomic E-state index is -0.580. The average Bonchev–Trinajstić information content (AvgIpc) is 2.74. The number of alkyl carbamates (subject to hydrolysis) is 1. The van der Waals surface area contributed by atoms with E-state index in [-0.39, 0.29) is 24.6 Å². The van der Waals surface area contributed by atoms with E-state index in [0.29, 0.717) is 5.13 Å². The van der Waals surface area contributed by atoms with Crippen molar-refractivity contribution in [1.82, 2.24) is 10.3 Å². The molecule has 0 radical (unpaired) electrons. The number of primary amides is 1. The van der Waals surface area contributed by atoms with Crippen LogP contribution in [0.4, 0.5) is 9.93 Å². The molecule has 4 N–H and O–H groups in total. The lowest BCUT2D eigenvalue weighted by Crippen LogP contribution is -2.34. The molecule has 1 heterocycles. The number of nitrogens with one attached hydrogen (secondary N) is 2. The van der Waals surface area contributed by atoms with Crippen LogP contribution in [0.5, 0.6) is 0 Å². The Balaban J connectivity index is 2.39. The standard InChI is InChI=1S/C14H22N4O4S2/c1-8-11(23-7-9(15)19)24-12(17-8)18-10(20)5-6-16-13(21)22-14(2,3)4/h5-7H2,1-4H3,(H2,15,19)(H,16,21)(H,17,18,20). The van der Waals surface area contributed by atoms with Gasteiger partial charge < -0.3 is 21.1 Å². The number of carbonyl (C=O) groups excluding carboxylic acids is 3. The summed E-state index contributed by atoms with van der Waals surface area (Å²) in [4.78, 5) is 38.3. The maximum atomic E-state index is 11.8. The largest absolute Gasteiger partial charge is 0.444 e. The van der Waals surface area contributed by atoms with Gasteiger partial charge in [0.2, 0.25) is 11.8 Å². The molecule has 0 aliphatic carbocycles. The number of ether oxygens (including phenoxy) is 1. The fraction of sp³-hybridized carbons (Fsp3) is 0.571. The van der Waals surface area contributed by atoms with Gasteiger partial charge in [0, 0.05) is 13.0 Å². The Morgan fingerprint density at radius 1 is 1.33 bits per heavy atom. The Kier molecular flexibility index (Phi) is 7.49. The molecule has 0 bridgehead atoms. The molecule has 0 saturated heterocycles. The molecule has 1 aromatic rings. The summed E-state index contributed by atoms with van der Waals surface area (Å²) >= 11 is 2.56. The third-order valence-electron chi connectivity index (χ3n) is 2.37. The van der Waals surface area contributed by atoms with Gasteiger partial charge in [-0.1, -0.05) is 11.3 Å². The quantitative estimate of drug-likeness (QED) is 0.626. The summed E-state index contributed by atoms with van der Waals surface area (Å²) in [6.07, 6.45) is -0.465. The van der Waals surface area contributed by atoms with Gasteiger partial charge in [-0.15, -0.1) is 11.8 Å². The Labute approximate surface area is 148 Å². The van der Waals surface area contributed by atoms with Gasteiger partial charge in [-0.3, -0.25) is 9.59 Å². The number of aromatic nitrogens is 1. The molecule has 24 heavy (non-hydrogen) atoms. The normalized spacial score (nSPS) is 11.0. The number of nitrogens with two attached hydrogens (primary N) is 1. The first-order chi connectivity index (χ1) is 11.1. The third kappa shape index (κ3) is 8.16. The number of rotatable bonds is 7. The highest BCUT2D eigenvalue weighted by Gasteiger charge is 2.16. The van der Waals surface area contributed by atoms with Crippen molar-refractivity contribution in [3.8, 4) is 0 Å². The molecule has 0 aromatic carbocycles. The molecule has 0 spiro atoms. The summed E-state index contributed by atoms with van der Waals surface area (Å²) in [5, 5.41) is 5.62. The molecule has 0 fully saturated rings. The van der Waals surface area contributed by atoms with Gasteiger partial charge in [0.25, 0.3) is 0 Å². The number of amides is 3. The van der Waals surface area contributed by atoms with Crippen LogP contribution in [0.3, 0.4) is 0 Å². The first-order valence-corrected chi connectivity index (χ1v) is 9.02. The van der Waals surface area contributed by atoms with Crippen LogP contribution in [0.15, 0.2) is 4.21 Å². The van der Waals surface area contributed by atoms with Gasteiger partial charge in [-0.05, 0) is 27.7 Å². The zero-order valence-electron chi connectivity index (χ0n) is 14.1. The average molecular weight is 374 g/mol. The predicted molar refractivity (Wildman–Crippen MR) is 94.3 cm³/mol. The van der Waals surface area contributed by atoms with Crippen LogP contribution in [0.25, 0.3) is 0 Å². The minimum Gasteiger partial charge on any atom is -0.444 e. The number of nitrogens with zero attached hydrogens (tertiary/aromatic N) is 1. The second-order valence-electron chi connectivity index (χ2n) is 5.87. The van der Waals surface area contributed by atoms with E-state index in [0.717, 1.165) is 9.90 Å². The summed E-state index contributed by atoms with van der Waals surface area (Å²) in [6.45, 7) is 7.24. The molecular formula is C14H22N4O4S2. The fourth-order valence-corrected chi connectivity index (χ4v) is 3.37. The third-order valence-corrected chi connectivity index (χ3v) is 4.82. The second-order valence-corrected chi connectivity index (χ2v) is 8.12. The SMILES string of the molecule is Cc1nc(NC(=O)CCNC(=O)OC(C)(C)C)sc1SCC(N)=O. The van der Waals surface area contributed by atoms with E-state index in [1.807, 2.05) is 0 Å². The highest BCUT2D eigenvalue weighted by molar-refractivity contribution is 8.01. The van der Waals surface area contributed by atoms with Crippen LogP contribution < -0.4 is 16.4 Å². The van der Waals surface area contributed by atoms with Crippen molar-refractivity contribution in [1.29, 1.82) is 0 Å². The molecular weight excluding hydrogens is 352 g/mol. The number of hydrogen-bond donors (Lipinski definition) is 3. The van der Waals surface area contributed by atoms with Crippen LogP contribution in [-0.2, 0) is 14.3 Å². The smallest absolute Gasteiger partial charge is 0.407 e. The Morgan fingerprint density at radius 2 is 2.00 bits per heavy atom. The molecule has 0 atom stereocenters. The van der Waals surface area contributed by atoms with Crippen molar-refractivity contribution < 1.29 is 19.1 Å². The van der Waals surface area contributed by atoms with Gasteiger partial charge in [-0.25, -0.2) is 9.78 Å². The lowest BCUT2D eigenvalue weighted by molar-refractivity contribution is -0.116. The monoisotopic (exact) mass is 374 g/mol. The molecule has 0 saturated carbocycles. The van der Waals surface area contributed by atoms with E-state index in [1.54, 1.807) is 27.7 Å². The van der Waals surface area contributed by atoms with E-state index < -0.39 is 17.6 Å². The first kappa shape index (κ1) is 20.2. The van der Waals surface area contributed by atoms with E-state index in [1.165, 1.54) is 23.1 Å². The molecule has 3 amide bonds. The lowest BCUT2D eigenvalue weighted by atomic mass is 10.2. The molecule has 1 rings (SSSR count). The van der Waals surface area contributed by atoms with Crippen molar-refractivity contribution >= 4 is 46.1 Å². The van der Waals surface area contributed by atoms with Crippen LogP contribution >= 0.6 is 23.1 Å². The summed E-state index contributed by atoms with van der Waals surface area (Å²) in [5.74, 6) is -0.520. The Morgan fingerprint density at radius 3 is 2.58 bits per heavy atom. The summed E-state index contributed by atoms with van der Waals surface area (Å²) in [5.41, 5.74) is 5.26. The van der Waals surface area contributed by atoms with E-state index >= 15 is 0 Å². The lowest BCUT2D eigenvalue weighted by Gasteiger charge is -2.19. The molecule has 8 nitrogen and oxygen atoms in total. The van der Waals surface area contributed by atoms with Gasteiger partial charge >= 0.3 is 6.09 Å². The highest BCUT2D eigenvalue weighted by Crippen LogP contribution is 2.31. The van der Waals surface area contributed by atoms with Crippen molar-refractivity contribution in [3.05, 3.63) is 5.69 Å². The molecule has 10 heteroatoms. The van der Waals surface area contributed by atoms with Crippen LogP contribution in [0.2, 0.25) is 0 Å². The number of thiazole rings is 1. The molecule has 134 valence electrons. The maximum Gasteiger partial charge on any atom is 0.407 e. The molecule has 0 aliphatic rings. The van der Waals surface area contributed by atoms with Crippen molar-refractivity contribution in [3.63, 3.8) is 0 Å². The Bertz CT molecular complexity index is 610. The van der Waals surface area contributed by atoms with E-state index in [4.69, 9.17) is 10.5 Å². The second kappa shape index (κ2) is 8.88. The number of carbonyl (C=O) groups is 3. The maximum absolute atomic E-state index is 11.8. The van der Waals surface area contributed by atoms with Gasteiger partial charge in [-0.2, -0.15) is 0 Å². The van der Waals surface area contributed by atoms with Gasteiger partial charge in [0.1, 0.15) is 5.60 Å². The molecule has 1 aromatic heterocycles. The van der Waals surface area contributed by atoms with Crippen molar-refractivity contribution in [2.45, 2.75) is 43.9 Å². The summed E-state index contributed by atoms with van der Waals surface area (Å²) < 4.78 is 5.90. The number of hydrogen-bond acceptors (Lipinski definition) is 7. The van der Waals surface area contributed by atoms with E-state index in [2.05, 4.69) is 15.6 Å². The number of anilines is 1. The predicted octanol–water partition coefficient (Wildman–Crippen LogP) is 1.88. The van der Waals surface area contributed by atoms with Crippen molar-refractivity contribution in [2.24, 2.45) is 5.73 Å². The Hall–Kier alpha value is -1.81. The summed E-state index contributed by atoms with van der Waals surface area (Å²) in [7, 11) is 0. The topological polar surface area (TPSA) is 123 Å². The summed E-state index contributed by atoms with van der Waals surface area (Å²) in [6, 6.07) is 0. The van der Waals surface area contributed by atoms with Crippen LogP contribution in [0, 0.1) is 6.92 Å². The molecule has 0 unspecified atom stereocenters. The van der Waals surface area contributed by atoms with Crippen LogP contribution in [-0.4, -0.2) is 40.8 Å². The zero-order valence-corrected chi connectivity index (χ0v) is 15.7. The minimum absolute atomic E-state index is 0.0988.